The molecule has 0 radical (unpaired) electrons. The standard InChI is InChI=1S/C21H25FO.ClH/c1-21(2,17-10-12-19(22)13-11-17)18-9-8-16(14-18)15-23-20-6-4-3-5-7-20;/h3-7,10-13,16,18H,8-9,14-15H2,1-2H3;1H. The van der Waals surface area contributed by atoms with Gasteiger partial charge in [0.1, 0.15) is 11.6 Å². The second-order valence-corrected chi connectivity index (χ2v) is 7.23. The Labute approximate surface area is 150 Å². The van der Waals surface area contributed by atoms with Crippen molar-refractivity contribution < 1.29 is 9.13 Å². The molecule has 0 bridgehead atoms. The van der Waals surface area contributed by atoms with E-state index in [4.69, 9.17) is 4.74 Å². The highest BCUT2D eigenvalue weighted by Gasteiger charge is 2.37. The molecule has 0 saturated heterocycles. The molecule has 0 spiro atoms. The van der Waals surface area contributed by atoms with Gasteiger partial charge >= 0.3 is 0 Å². The molecule has 2 aromatic carbocycles. The summed E-state index contributed by atoms with van der Waals surface area (Å²) in [6.07, 6.45) is 3.60. The Morgan fingerprint density at radius 3 is 2.33 bits per heavy atom. The summed E-state index contributed by atoms with van der Waals surface area (Å²) >= 11 is 0. The van der Waals surface area contributed by atoms with Gasteiger partial charge in [-0.3, -0.25) is 0 Å². The molecule has 2 unspecified atom stereocenters. The van der Waals surface area contributed by atoms with E-state index in [1.165, 1.54) is 24.8 Å². The van der Waals surface area contributed by atoms with Crippen molar-refractivity contribution in [3.8, 4) is 5.75 Å². The molecule has 0 amide bonds. The molecule has 130 valence electrons. The third-order valence-corrected chi connectivity index (χ3v) is 5.38. The van der Waals surface area contributed by atoms with E-state index >= 15 is 0 Å². The lowest BCUT2D eigenvalue weighted by Crippen LogP contribution is -2.27. The van der Waals surface area contributed by atoms with Gasteiger partial charge < -0.3 is 4.74 Å². The Hall–Kier alpha value is -1.54. The number of hydrogen-bond acceptors (Lipinski definition) is 1. The van der Waals surface area contributed by atoms with E-state index in [0.29, 0.717) is 11.8 Å². The monoisotopic (exact) mass is 348 g/mol. The van der Waals surface area contributed by atoms with Crippen LogP contribution in [0.4, 0.5) is 4.39 Å². The van der Waals surface area contributed by atoms with Crippen LogP contribution in [-0.4, -0.2) is 6.61 Å². The zero-order valence-corrected chi connectivity index (χ0v) is 15.2. The molecule has 0 aromatic heterocycles. The molecule has 2 atom stereocenters. The van der Waals surface area contributed by atoms with Crippen LogP contribution in [0.5, 0.6) is 5.75 Å². The lowest BCUT2D eigenvalue weighted by atomic mass is 9.72. The maximum absolute atomic E-state index is 13.2. The first-order chi connectivity index (χ1) is 11.1. The van der Waals surface area contributed by atoms with E-state index in [-0.39, 0.29) is 23.6 Å². The van der Waals surface area contributed by atoms with Crippen molar-refractivity contribution in [2.24, 2.45) is 11.8 Å². The minimum absolute atomic E-state index is 0. The van der Waals surface area contributed by atoms with Gasteiger partial charge in [0, 0.05) is 0 Å². The first-order valence-corrected chi connectivity index (χ1v) is 8.49. The van der Waals surface area contributed by atoms with Gasteiger partial charge in [0.25, 0.3) is 0 Å². The third-order valence-electron chi connectivity index (χ3n) is 5.38. The molecule has 0 heterocycles. The van der Waals surface area contributed by atoms with Gasteiger partial charge in [-0.2, -0.15) is 0 Å². The second kappa shape index (κ2) is 8.02. The van der Waals surface area contributed by atoms with E-state index in [0.717, 1.165) is 12.4 Å². The minimum Gasteiger partial charge on any atom is -0.493 e. The number of ether oxygens (including phenoxy) is 1. The Morgan fingerprint density at radius 2 is 1.67 bits per heavy atom. The maximum Gasteiger partial charge on any atom is 0.123 e. The van der Waals surface area contributed by atoms with Gasteiger partial charge in [0.15, 0.2) is 0 Å². The molecule has 1 nitrogen and oxygen atoms in total. The Bertz CT molecular complexity index is 624. The SMILES string of the molecule is CC(C)(c1ccc(F)cc1)C1CCC(COc2ccccc2)C1.Cl. The molecule has 1 aliphatic carbocycles. The molecule has 3 rings (SSSR count). The van der Waals surface area contributed by atoms with Crippen molar-refractivity contribution in [2.75, 3.05) is 6.61 Å². The molecule has 0 aliphatic heterocycles. The summed E-state index contributed by atoms with van der Waals surface area (Å²) in [6, 6.07) is 17.0. The van der Waals surface area contributed by atoms with Crippen LogP contribution in [0.15, 0.2) is 54.6 Å². The van der Waals surface area contributed by atoms with Crippen molar-refractivity contribution in [3.05, 3.63) is 66.0 Å². The molecule has 2 aromatic rings. The van der Waals surface area contributed by atoms with Crippen LogP contribution in [-0.2, 0) is 5.41 Å². The predicted octanol–water partition coefficient (Wildman–Crippen LogP) is 6.02. The smallest absolute Gasteiger partial charge is 0.123 e. The maximum atomic E-state index is 13.2. The largest absolute Gasteiger partial charge is 0.493 e. The van der Waals surface area contributed by atoms with Gasteiger partial charge in [-0.25, -0.2) is 4.39 Å². The summed E-state index contributed by atoms with van der Waals surface area (Å²) < 4.78 is 19.1. The molecule has 1 aliphatic rings. The summed E-state index contributed by atoms with van der Waals surface area (Å²) in [4.78, 5) is 0. The zero-order valence-electron chi connectivity index (χ0n) is 14.4. The Kier molecular flexibility index (Phi) is 6.28. The van der Waals surface area contributed by atoms with E-state index in [9.17, 15) is 4.39 Å². The Balaban J connectivity index is 0.00000208. The van der Waals surface area contributed by atoms with Crippen molar-refractivity contribution in [3.63, 3.8) is 0 Å². The highest BCUT2D eigenvalue weighted by atomic mass is 35.5. The van der Waals surface area contributed by atoms with Crippen LogP contribution >= 0.6 is 12.4 Å². The quantitative estimate of drug-likeness (QED) is 0.641. The first-order valence-electron chi connectivity index (χ1n) is 8.49. The molecule has 24 heavy (non-hydrogen) atoms. The van der Waals surface area contributed by atoms with Crippen LogP contribution < -0.4 is 4.74 Å². The summed E-state index contributed by atoms with van der Waals surface area (Å²) in [5.74, 6) is 2.02. The van der Waals surface area contributed by atoms with Gasteiger partial charge in [0.05, 0.1) is 6.61 Å². The summed E-state index contributed by atoms with van der Waals surface area (Å²) in [6.45, 7) is 5.36. The molecule has 1 fully saturated rings. The average Bonchev–Trinajstić information content (AvgIpc) is 3.04. The number of halogens is 2. The number of para-hydroxylation sites is 1. The Morgan fingerprint density at radius 1 is 1.00 bits per heavy atom. The summed E-state index contributed by atoms with van der Waals surface area (Å²) in [7, 11) is 0. The highest BCUT2D eigenvalue weighted by molar-refractivity contribution is 5.85. The van der Waals surface area contributed by atoms with Crippen molar-refractivity contribution in [2.45, 2.75) is 38.5 Å². The fourth-order valence-corrected chi connectivity index (χ4v) is 3.73. The van der Waals surface area contributed by atoms with Crippen LogP contribution in [0.3, 0.4) is 0 Å². The number of benzene rings is 2. The van der Waals surface area contributed by atoms with E-state index in [1.807, 2.05) is 42.5 Å². The second-order valence-electron chi connectivity index (χ2n) is 7.23. The fraction of sp³-hybridized carbons (Fsp3) is 0.429. The minimum atomic E-state index is -0.162. The first kappa shape index (κ1) is 18.8. The summed E-state index contributed by atoms with van der Waals surface area (Å²) in [5.41, 5.74) is 1.31. The molecular formula is C21H26ClFO. The number of rotatable bonds is 5. The lowest BCUT2D eigenvalue weighted by Gasteiger charge is -2.32. The molecule has 3 heteroatoms. The van der Waals surface area contributed by atoms with Crippen LogP contribution in [0.1, 0.15) is 38.7 Å². The normalized spacial score (nSPS) is 20.5. The topological polar surface area (TPSA) is 9.23 Å². The molecule has 0 N–H and O–H groups in total. The van der Waals surface area contributed by atoms with Crippen molar-refractivity contribution in [1.82, 2.24) is 0 Å². The van der Waals surface area contributed by atoms with E-state index in [2.05, 4.69) is 13.8 Å². The van der Waals surface area contributed by atoms with Crippen molar-refractivity contribution in [1.29, 1.82) is 0 Å². The average molecular weight is 349 g/mol. The zero-order chi connectivity index (χ0) is 16.3. The highest BCUT2D eigenvalue weighted by Crippen LogP contribution is 2.44. The van der Waals surface area contributed by atoms with Gasteiger partial charge in [-0.15, -0.1) is 12.4 Å². The van der Waals surface area contributed by atoms with Crippen LogP contribution in [0, 0.1) is 17.7 Å². The fourth-order valence-electron chi connectivity index (χ4n) is 3.73. The molecule has 1 saturated carbocycles. The van der Waals surface area contributed by atoms with Crippen LogP contribution in [0.25, 0.3) is 0 Å². The van der Waals surface area contributed by atoms with Gasteiger partial charge in [0.2, 0.25) is 0 Å². The third kappa shape index (κ3) is 4.30. The van der Waals surface area contributed by atoms with E-state index < -0.39 is 0 Å². The lowest BCUT2D eigenvalue weighted by molar-refractivity contribution is 0.236. The van der Waals surface area contributed by atoms with Crippen molar-refractivity contribution >= 4 is 12.4 Å². The predicted molar refractivity (Wildman–Crippen MR) is 99.4 cm³/mol. The van der Waals surface area contributed by atoms with Gasteiger partial charge in [-0.05, 0) is 66.3 Å². The van der Waals surface area contributed by atoms with Crippen LogP contribution in [0.2, 0.25) is 0 Å². The summed E-state index contributed by atoms with van der Waals surface area (Å²) in [5, 5.41) is 0. The molecular weight excluding hydrogens is 323 g/mol. The van der Waals surface area contributed by atoms with Gasteiger partial charge in [-0.1, -0.05) is 44.2 Å². The number of hydrogen-bond donors (Lipinski definition) is 0. The van der Waals surface area contributed by atoms with E-state index in [1.54, 1.807) is 12.1 Å².